The van der Waals surface area contributed by atoms with E-state index in [2.05, 4.69) is 24.5 Å². The van der Waals surface area contributed by atoms with Gasteiger partial charge in [-0.05, 0) is 55.0 Å². The molecule has 2 amide bonds. The van der Waals surface area contributed by atoms with Gasteiger partial charge >= 0.3 is 0 Å². The van der Waals surface area contributed by atoms with Gasteiger partial charge in [-0.15, -0.1) is 0 Å². The van der Waals surface area contributed by atoms with Crippen LogP contribution in [0, 0.1) is 12.8 Å². The third-order valence-corrected chi connectivity index (χ3v) is 7.91. The van der Waals surface area contributed by atoms with Gasteiger partial charge < -0.3 is 10.6 Å². The molecular formula is C24H31N3O4S. The lowest BCUT2D eigenvalue weighted by atomic mass is 9.96. The number of hydrogen-bond acceptors (Lipinski definition) is 4. The summed E-state index contributed by atoms with van der Waals surface area (Å²) in [6, 6.07) is 12.3. The quantitative estimate of drug-likeness (QED) is 0.694. The molecule has 32 heavy (non-hydrogen) atoms. The number of amides is 2. The van der Waals surface area contributed by atoms with Gasteiger partial charge in [0.2, 0.25) is 15.9 Å². The lowest BCUT2D eigenvalue weighted by Gasteiger charge is -2.30. The van der Waals surface area contributed by atoms with E-state index < -0.39 is 10.0 Å². The van der Waals surface area contributed by atoms with Crippen molar-refractivity contribution in [1.29, 1.82) is 0 Å². The zero-order valence-electron chi connectivity index (χ0n) is 19.0. The molecular weight excluding hydrogens is 426 g/mol. The van der Waals surface area contributed by atoms with Crippen LogP contribution in [-0.4, -0.2) is 44.7 Å². The molecule has 2 N–H and O–H groups in total. The van der Waals surface area contributed by atoms with Gasteiger partial charge in [0, 0.05) is 26.1 Å². The van der Waals surface area contributed by atoms with Crippen LogP contribution in [0.25, 0.3) is 0 Å². The number of anilines is 1. The zero-order valence-corrected chi connectivity index (χ0v) is 19.8. The van der Waals surface area contributed by atoms with Gasteiger partial charge in [0.15, 0.2) is 0 Å². The summed E-state index contributed by atoms with van der Waals surface area (Å²) < 4.78 is 27.5. The zero-order chi connectivity index (χ0) is 23.5. The summed E-state index contributed by atoms with van der Waals surface area (Å²) in [7, 11) is -2.04. The molecule has 1 aliphatic heterocycles. The molecule has 0 spiro atoms. The Labute approximate surface area is 190 Å². The molecule has 2 aromatic rings. The van der Waals surface area contributed by atoms with Crippen LogP contribution in [0.4, 0.5) is 5.69 Å². The Hall–Kier alpha value is -2.71. The first kappa shape index (κ1) is 23.9. The van der Waals surface area contributed by atoms with Crippen LogP contribution in [0.15, 0.2) is 47.4 Å². The maximum atomic E-state index is 13.0. The molecule has 3 rings (SSSR count). The summed E-state index contributed by atoms with van der Waals surface area (Å²) in [5.74, 6) is -0.442. The number of rotatable bonds is 6. The fourth-order valence-electron chi connectivity index (χ4n) is 3.97. The van der Waals surface area contributed by atoms with Crippen LogP contribution < -0.4 is 10.6 Å². The van der Waals surface area contributed by atoms with Crippen LogP contribution in [-0.2, 0) is 14.8 Å². The number of aryl methyl sites for hydroxylation is 1. The van der Waals surface area contributed by atoms with Crippen molar-refractivity contribution in [2.24, 2.45) is 5.92 Å². The first-order chi connectivity index (χ1) is 15.1. The predicted octanol–water partition coefficient (Wildman–Crippen LogP) is 3.52. The number of nitrogens with one attached hydrogen (secondary N) is 2. The van der Waals surface area contributed by atoms with Gasteiger partial charge in [-0.2, -0.15) is 4.31 Å². The van der Waals surface area contributed by atoms with Gasteiger partial charge in [-0.25, -0.2) is 8.42 Å². The van der Waals surface area contributed by atoms with E-state index in [1.165, 1.54) is 4.31 Å². The third-order valence-electron chi connectivity index (χ3n) is 5.99. The van der Waals surface area contributed by atoms with Gasteiger partial charge in [0.1, 0.15) is 0 Å². The van der Waals surface area contributed by atoms with Crippen LogP contribution in [0.1, 0.15) is 54.1 Å². The largest absolute Gasteiger partial charge is 0.355 e. The highest BCUT2D eigenvalue weighted by molar-refractivity contribution is 7.89. The molecule has 0 atom stereocenters. The van der Waals surface area contributed by atoms with Crippen molar-refractivity contribution in [3.63, 3.8) is 0 Å². The highest BCUT2D eigenvalue weighted by atomic mass is 32.2. The lowest BCUT2D eigenvalue weighted by Crippen LogP contribution is -2.41. The average molecular weight is 458 g/mol. The molecule has 0 saturated carbocycles. The molecule has 1 saturated heterocycles. The molecule has 0 aromatic heterocycles. The van der Waals surface area contributed by atoms with E-state index in [1.807, 2.05) is 25.1 Å². The smallest absolute Gasteiger partial charge is 0.253 e. The molecule has 2 aromatic carbocycles. The fraction of sp³-hybridized carbons (Fsp3) is 0.417. The van der Waals surface area contributed by atoms with E-state index in [0.717, 1.165) is 11.1 Å². The van der Waals surface area contributed by atoms with Gasteiger partial charge in [0.05, 0.1) is 16.1 Å². The van der Waals surface area contributed by atoms with Crippen molar-refractivity contribution in [2.45, 2.75) is 44.4 Å². The van der Waals surface area contributed by atoms with Crippen molar-refractivity contribution in [3.8, 4) is 0 Å². The summed E-state index contributed by atoms with van der Waals surface area (Å²) in [5, 5.41) is 5.47. The van der Waals surface area contributed by atoms with Gasteiger partial charge in [-0.1, -0.05) is 38.1 Å². The number of nitrogens with zero attached hydrogens (tertiary/aromatic N) is 1. The number of hydrogen-bond donors (Lipinski definition) is 2. The Kier molecular flexibility index (Phi) is 7.36. The Morgan fingerprint density at radius 2 is 1.66 bits per heavy atom. The van der Waals surface area contributed by atoms with Crippen molar-refractivity contribution < 1.29 is 18.0 Å². The molecule has 1 heterocycles. The first-order valence-corrected chi connectivity index (χ1v) is 12.3. The van der Waals surface area contributed by atoms with Gasteiger partial charge in [-0.3, -0.25) is 9.59 Å². The van der Waals surface area contributed by atoms with Crippen LogP contribution in [0.3, 0.4) is 0 Å². The van der Waals surface area contributed by atoms with E-state index in [-0.39, 0.29) is 35.7 Å². The minimum absolute atomic E-state index is 0.195. The van der Waals surface area contributed by atoms with Crippen molar-refractivity contribution in [1.82, 2.24) is 9.62 Å². The summed E-state index contributed by atoms with van der Waals surface area (Å²) in [4.78, 5) is 25.4. The lowest BCUT2D eigenvalue weighted by molar-refractivity contribution is -0.120. The molecule has 0 aliphatic carbocycles. The number of piperidine rings is 1. The maximum absolute atomic E-state index is 13.0. The summed E-state index contributed by atoms with van der Waals surface area (Å²) >= 11 is 0. The second-order valence-corrected chi connectivity index (χ2v) is 10.4. The topological polar surface area (TPSA) is 95.6 Å². The SMILES string of the molecule is CNC(=O)c1c(C)cccc1NC(=O)C1CCN(S(=O)(=O)c2ccc(C(C)C)cc2)CC1. The first-order valence-electron chi connectivity index (χ1n) is 10.9. The van der Waals surface area contributed by atoms with Crippen molar-refractivity contribution >= 4 is 27.5 Å². The van der Waals surface area contributed by atoms with Crippen molar-refractivity contribution in [2.75, 3.05) is 25.5 Å². The second kappa shape index (κ2) is 9.83. The van der Waals surface area contributed by atoms with Crippen LogP contribution in [0.2, 0.25) is 0 Å². The normalized spacial score (nSPS) is 15.5. The molecule has 172 valence electrons. The molecule has 1 fully saturated rings. The highest BCUT2D eigenvalue weighted by Crippen LogP contribution is 2.27. The van der Waals surface area contributed by atoms with Crippen LogP contribution in [0.5, 0.6) is 0 Å². The number of carbonyl (C=O) groups excluding carboxylic acids is 2. The summed E-state index contributed by atoms with van der Waals surface area (Å²) in [6.45, 7) is 6.50. The highest BCUT2D eigenvalue weighted by Gasteiger charge is 2.32. The molecule has 8 heteroatoms. The number of benzene rings is 2. The summed E-state index contributed by atoms with van der Waals surface area (Å²) in [6.07, 6.45) is 0.854. The molecule has 0 bridgehead atoms. The van der Waals surface area contributed by atoms with Crippen LogP contribution >= 0.6 is 0 Å². The molecule has 0 unspecified atom stereocenters. The Morgan fingerprint density at radius 3 is 2.22 bits per heavy atom. The average Bonchev–Trinajstić information content (AvgIpc) is 2.78. The van der Waals surface area contributed by atoms with E-state index in [4.69, 9.17) is 0 Å². The third kappa shape index (κ3) is 5.02. The minimum Gasteiger partial charge on any atom is -0.355 e. The van der Waals surface area contributed by atoms with Gasteiger partial charge in [0.25, 0.3) is 5.91 Å². The molecule has 7 nitrogen and oxygen atoms in total. The Bertz CT molecular complexity index is 1090. The van der Waals surface area contributed by atoms with E-state index >= 15 is 0 Å². The maximum Gasteiger partial charge on any atom is 0.253 e. The monoisotopic (exact) mass is 457 g/mol. The van der Waals surface area contributed by atoms with E-state index in [0.29, 0.717) is 30.0 Å². The van der Waals surface area contributed by atoms with E-state index in [1.54, 1.807) is 31.3 Å². The Balaban J connectivity index is 1.66. The standard InChI is InChI=1S/C24H31N3O4S/c1-16(2)18-8-10-20(11-9-18)32(30,31)27-14-12-19(13-15-27)23(28)26-21-7-5-6-17(3)22(21)24(29)25-4/h5-11,16,19H,12-15H2,1-4H3,(H,25,29)(H,26,28). The minimum atomic E-state index is -3.59. The Morgan fingerprint density at radius 1 is 1.03 bits per heavy atom. The predicted molar refractivity (Wildman–Crippen MR) is 125 cm³/mol. The number of carbonyl (C=O) groups is 2. The molecule has 0 radical (unpaired) electrons. The molecule has 1 aliphatic rings. The van der Waals surface area contributed by atoms with E-state index in [9.17, 15) is 18.0 Å². The fourth-order valence-corrected chi connectivity index (χ4v) is 5.43. The van der Waals surface area contributed by atoms with Crippen molar-refractivity contribution in [3.05, 3.63) is 59.2 Å². The number of sulfonamides is 1. The second-order valence-electron chi connectivity index (χ2n) is 8.47. The summed E-state index contributed by atoms with van der Waals surface area (Å²) in [5.41, 5.74) is 2.76.